The Bertz CT molecular complexity index is 672. The maximum absolute atomic E-state index is 12.2. The third-order valence-electron chi connectivity index (χ3n) is 4.37. The van der Waals surface area contributed by atoms with Crippen LogP contribution < -0.4 is 5.32 Å². The van der Waals surface area contributed by atoms with Crippen molar-refractivity contribution in [3.8, 4) is 0 Å². The Morgan fingerprint density at radius 1 is 1.24 bits per heavy atom. The van der Waals surface area contributed by atoms with E-state index in [2.05, 4.69) is 10.2 Å². The average Bonchev–Trinajstić information content (AvgIpc) is 3.31. The minimum Gasteiger partial charge on any atom is -0.468 e. The maximum Gasteiger partial charge on any atom is 0.220 e. The van der Waals surface area contributed by atoms with Gasteiger partial charge in [-0.25, -0.2) is 0 Å². The fourth-order valence-electron chi connectivity index (χ4n) is 3.06. The van der Waals surface area contributed by atoms with Gasteiger partial charge in [0.1, 0.15) is 5.76 Å². The number of nitrogens with one attached hydrogen (secondary N) is 1. The molecule has 1 aromatic carbocycles. The second-order valence-corrected chi connectivity index (χ2v) is 7.65. The summed E-state index contributed by atoms with van der Waals surface area (Å²) in [6, 6.07) is 11.7. The van der Waals surface area contributed by atoms with E-state index in [1.807, 2.05) is 36.4 Å². The number of hydrogen-bond acceptors (Lipinski definition) is 4. The number of rotatable bonds is 8. The highest BCUT2D eigenvalue weighted by molar-refractivity contribution is 7.99. The monoisotopic (exact) mass is 378 g/mol. The van der Waals surface area contributed by atoms with Gasteiger partial charge in [0.25, 0.3) is 0 Å². The molecule has 1 fully saturated rings. The predicted octanol–water partition coefficient (Wildman–Crippen LogP) is 4.37. The van der Waals surface area contributed by atoms with Crippen LogP contribution in [0.1, 0.15) is 31.1 Å². The summed E-state index contributed by atoms with van der Waals surface area (Å²) in [6.07, 6.45) is 4.58. The largest absolute Gasteiger partial charge is 0.468 e. The maximum atomic E-state index is 12.2. The summed E-state index contributed by atoms with van der Waals surface area (Å²) in [6.45, 7) is 2.70. The van der Waals surface area contributed by atoms with Crippen LogP contribution in [0.25, 0.3) is 0 Å². The molecular weight excluding hydrogens is 356 g/mol. The van der Waals surface area contributed by atoms with E-state index in [9.17, 15) is 4.79 Å². The molecule has 1 atom stereocenters. The Morgan fingerprint density at radius 3 is 2.76 bits per heavy atom. The molecule has 3 rings (SSSR count). The Morgan fingerprint density at radius 2 is 2.04 bits per heavy atom. The summed E-state index contributed by atoms with van der Waals surface area (Å²) in [5.41, 5.74) is 0. The number of carbonyl (C=O) groups is 1. The summed E-state index contributed by atoms with van der Waals surface area (Å²) >= 11 is 7.75. The van der Waals surface area contributed by atoms with Gasteiger partial charge in [0.05, 0.1) is 17.3 Å². The van der Waals surface area contributed by atoms with E-state index in [4.69, 9.17) is 16.0 Å². The van der Waals surface area contributed by atoms with Crippen LogP contribution in [0.4, 0.5) is 0 Å². The van der Waals surface area contributed by atoms with Crippen molar-refractivity contribution in [1.82, 2.24) is 10.2 Å². The number of nitrogens with zero attached hydrogens (tertiary/aromatic N) is 1. The molecule has 1 amide bonds. The lowest BCUT2D eigenvalue weighted by atomic mass is 10.2. The van der Waals surface area contributed by atoms with E-state index in [-0.39, 0.29) is 11.9 Å². The average molecular weight is 379 g/mol. The molecule has 0 spiro atoms. The van der Waals surface area contributed by atoms with Gasteiger partial charge in [0.15, 0.2) is 0 Å². The van der Waals surface area contributed by atoms with Gasteiger partial charge in [-0.05, 0) is 50.2 Å². The minimum atomic E-state index is 0.0651. The number of amides is 1. The molecule has 0 radical (unpaired) electrons. The molecule has 1 aromatic heterocycles. The molecule has 1 N–H and O–H groups in total. The predicted molar refractivity (Wildman–Crippen MR) is 102 cm³/mol. The van der Waals surface area contributed by atoms with Gasteiger partial charge in [-0.1, -0.05) is 23.7 Å². The van der Waals surface area contributed by atoms with Crippen molar-refractivity contribution in [2.45, 2.75) is 30.2 Å². The minimum absolute atomic E-state index is 0.0651. The Hall–Kier alpha value is -1.43. The van der Waals surface area contributed by atoms with Crippen LogP contribution in [0.15, 0.2) is 52.0 Å². The first-order valence-electron chi connectivity index (χ1n) is 8.65. The normalized spacial score (nSPS) is 16.0. The number of likely N-dealkylation sites (tertiary alicyclic amines) is 1. The first kappa shape index (κ1) is 18.4. The van der Waals surface area contributed by atoms with Crippen molar-refractivity contribution >= 4 is 29.3 Å². The summed E-state index contributed by atoms with van der Waals surface area (Å²) in [5, 5.41) is 3.80. The molecule has 0 saturated carbocycles. The standard InChI is InChI=1S/C19H23ClN2O2S/c20-15-6-1-2-8-18(15)25-13-9-19(23)21-14-16(17-7-5-12-24-17)22-10-3-4-11-22/h1-2,5-8,12,16H,3-4,9-11,13-14H2,(H,21,23). The Labute approximate surface area is 157 Å². The molecule has 1 aliphatic heterocycles. The number of carbonyl (C=O) groups excluding carboxylic acids is 1. The van der Waals surface area contributed by atoms with Crippen molar-refractivity contribution in [3.05, 3.63) is 53.4 Å². The fourth-order valence-corrected chi connectivity index (χ4v) is 4.25. The number of halogens is 1. The highest BCUT2D eigenvalue weighted by Gasteiger charge is 2.25. The molecule has 1 saturated heterocycles. The van der Waals surface area contributed by atoms with E-state index < -0.39 is 0 Å². The van der Waals surface area contributed by atoms with Crippen LogP contribution in [0.2, 0.25) is 5.02 Å². The van der Waals surface area contributed by atoms with Gasteiger partial charge in [0, 0.05) is 23.6 Å². The number of benzene rings is 1. The second kappa shape index (κ2) is 9.32. The van der Waals surface area contributed by atoms with Crippen molar-refractivity contribution in [2.75, 3.05) is 25.4 Å². The van der Waals surface area contributed by atoms with E-state index >= 15 is 0 Å². The zero-order valence-corrected chi connectivity index (χ0v) is 15.7. The van der Waals surface area contributed by atoms with Crippen molar-refractivity contribution in [2.24, 2.45) is 0 Å². The zero-order chi connectivity index (χ0) is 17.5. The van der Waals surface area contributed by atoms with Gasteiger partial charge < -0.3 is 9.73 Å². The lowest BCUT2D eigenvalue weighted by Crippen LogP contribution is -2.36. The van der Waals surface area contributed by atoms with Crippen molar-refractivity contribution in [3.63, 3.8) is 0 Å². The molecule has 25 heavy (non-hydrogen) atoms. The van der Waals surface area contributed by atoms with E-state index in [1.165, 1.54) is 12.8 Å². The van der Waals surface area contributed by atoms with Gasteiger partial charge in [-0.15, -0.1) is 11.8 Å². The summed E-state index contributed by atoms with van der Waals surface area (Å²) in [5.74, 6) is 1.70. The molecule has 6 heteroatoms. The van der Waals surface area contributed by atoms with Crippen LogP contribution >= 0.6 is 23.4 Å². The molecule has 4 nitrogen and oxygen atoms in total. The number of furan rings is 1. The lowest BCUT2D eigenvalue weighted by Gasteiger charge is -2.26. The van der Waals surface area contributed by atoms with Crippen molar-refractivity contribution in [1.29, 1.82) is 0 Å². The Kier molecular flexibility index (Phi) is 6.84. The first-order chi connectivity index (χ1) is 12.2. The van der Waals surface area contributed by atoms with E-state index in [1.54, 1.807) is 18.0 Å². The number of hydrogen-bond donors (Lipinski definition) is 1. The van der Waals surface area contributed by atoms with E-state index in [0.717, 1.165) is 28.8 Å². The second-order valence-electron chi connectivity index (χ2n) is 6.11. The molecule has 0 aliphatic carbocycles. The van der Waals surface area contributed by atoms with Gasteiger partial charge >= 0.3 is 0 Å². The highest BCUT2D eigenvalue weighted by Crippen LogP contribution is 2.27. The quantitative estimate of drug-likeness (QED) is 0.693. The smallest absolute Gasteiger partial charge is 0.220 e. The van der Waals surface area contributed by atoms with Crippen molar-refractivity contribution < 1.29 is 9.21 Å². The van der Waals surface area contributed by atoms with Gasteiger partial charge in [-0.3, -0.25) is 9.69 Å². The van der Waals surface area contributed by atoms with Crippen LogP contribution in [-0.4, -0.2) is 36.2 Å². The van der Waals surface area contributed by atoms with Crippen LogP contribution in [0.5, 0.6) is 0 Å². The number of thioether (sulfide) groups is 1. The van der Waals surface area contributed by atoms with Gasteiger partial charge in [-0.2, -0.15) is 0 Å². The molecule has 1 aliphatic rings. The zero-order valence-electron chi connectivity index (χ0n) is 14.1. The summed E-state index contributed by atoms with van der Waals surface area (Å²) in [7, 11) is 0. The summed E-state index contributed by atoms with van der Waals surface area (Å²) in [4.78, 5) is 15.6. The fraction of sp³-hybridized carbons (Fsp3) is 0.421. The molecular formula is C19H23ClN2O2S. The molecule has 2 aromatic rings. The third-order valence-corrected chi connectivity index (χ3v) is 5.89. The molecule has 2 heterocycles. The topological polar surface area (TPSA) is 45.5 Å². The first-order valence-corrected chi connectivity index (χ1v) is 10.0. The molecule has 134 valence electrons. The summed E-state index contributed by atoms with van der Waals surface area (Å²) < 4.78 is 5.58. The van der Waals surface area contributed by atoms with Crippen LogP contribution in [0, 0.1) is 0 Å². The Balaban J connectivity index is 1.46. The SMILES string of the molecule is O=C(CCSc1ccccc1Cl)NCC(c1ccco1)N1CCCC1. The molecule has 1 unspecified atom stereocenters. The van der Waals surface area contributed by atoms with Crippen LogP contribution in [-0.2, 0) is 4.79 Å². The van der Waals surface area contributed by atoms with Crippen LogP contribution in [0.3, 0.4) is 0 Å². The van der Waals surface area contributed by atoms with Gasteiger partial charge in [0.2, 0.25) is 5.91 Å². The molecule has 0 bridgehead atoms. The highest BCUT2D eigenvalue weighted by atomic mass is 35.5. The third kappa shape index (κ3) is 5.27. The van der Waals surface area contributed by atoms with E-state index in [0.29, 0.717) is 18.7 Å². The lowest BCUT2D eigenvalue weighted by molar-refractivity contribution is -0.120.